The van der Waals surface area contributed by atoms with Crippen LogP contribution < -0.4 is 14.8 Å². The van der Waals surface area contributed by atoms with Crippen LogP contribution in [0.15, 0.2) is 42.6 Å². The first-order valence-electron chi connectivity index (χ1n) is 9.31. The number of rotatable bonds is 2. The first-order valence-corrected chi connectivity index (χ1v) is 11.1. The summed E-state index contributed by atoms with van der Waals surface area (Å²) < 4.78 is 47.7. The third-order valence-corrected chi connectivity index (χ3v) is 5.15. The first kappa shape index (κ1) is 20.2. The van der Waals surface area contributed by atoms with Gasteiger partial charge in [0.2, 0.25) is 5.88 Å². The van der Waals surface area contributed by atoms with Gasteiger partial charge in [-0.25, -0.2) is 13.8 Å². The molecule has 9 heteroatoms. The third-order valence-electron chi connectivity index (χ3n) is 4.39. The lowest BCUT2D eigenvalue weighted by atomic mass is 10.0. The molecule has 0 radical (unpaired) electrons. The van der Waals surface area contributed by atoms with E-state index < -0.39 is 22.3 Å². The van der Waals surface area contributed by atoms with Crippen LogP contribution in [-0.4, -0.2) is 29.4 Å². The van der Waals surface area contributed by atoms with Gasteiger partial charge in [-0.15, -0.1) is 10.7 Å². The lowest BCUT2D eigenvalue weighted by Crippen LogP contribution is -2.09. The van der Waals surface area contributed by atoms with Crippen molar-refractivity contribution in [1.29, 1.82) is 4.78 Å². The van der Waals surface area contributed by atoms with Gasteiger partial charge in [0, 0.05) is 35.4 Å². The highest BCUT2D eigenvalue weighted by Crippen LogP contribution is 2.34. The Balaban J connectivity index is 1.79. The molecule has 1 atom stereocenters. The molecule has 0 fully saturated rings. The monoisotopic (exact) mass is 430 g/mol. The zero-order valence-electron chi connectivity index (χ0n) is 16.2. The lowest BCUT2D eigenvalue weighted by molar-refractivity contribution is 0.242. The van der Waals surface area contributed by atoms with Gasteiger partial charge in [-0.1, -0.05) is 0 Å². The first-order chi connectivity index (χ1) is 14.5. The predicted octanol–water partition coefficient (Wildman–Crippen LogP) is 4.84. The van der Waals surface area contributed by atoms with Gasteiger partial charge in [-0.3, -0.25) is 4.78 Å². The average molecular weight is 430 g/mol. The Bertz CT molecular complexity index is 1110. The number of hydrogen-bond acceptors (Lipinski definition) is 6. The zero-order chi connectivity index (χ0) is 21.1. The minimum Gasteiger partial charge on any atom is -0.493 e. The van der Waals surface area contributed by atoms with E-state index in [0.29, 0.717) is 41.9 Å². The van der Waals surface area contributed by atoms with E-state index in [1.54, 1.807) is 0 Å². The molecule has 0 spiro atoms. The second kappa shape index (κ2) is 8.74. The fourth-order valence-corrected chi connectivity index (χ4v) is 3.80. The van der Waals surface area contributed by atoms with Crippen LogP contribution in [0.1, 0.15) is 12.0 Å². The van der Waals surface area contributed by atoms with Gasteiger partial charge in [0.25, 0.3) is 0 Å². The van der Waals surface area contributed by atoms with Crippen LogP contribution >= 0.6 is 0 Å². The van der Waals surface area contributed by atoms with Gasteiger partial charge in [-0.05, 0) is 36.1 Å². The van der Waals surface area contributed by atoms with Crippen molar-refractivity contribution in [1.82, 2.24) is 9.97 Å². The van der Waals surface area contributed by atoms with Crippen molar-refractivity contribution in [2.24, 2.45) is 0 Å². The quantitative estimate of drug-likeness (QED) is 0.608. The van der Waals surface area contributed by atoms with Crippen LogP contribution in [0, 0.1) is 16.4 Å². The average Bonchev–Trinajstić information content (AvgIpc) is 2.68. The number of fused-ring (bicyclic) bond motifs is 6. The number of nitrogens with one attached hydrogen (secondary N) is 2. The SMILES string of the molecule is CS(=N)Cc1cc2nc(c1)OCCCOc1cc(F)ccc1-c1cc(ncc1F)N2. The van der Waals surface area contributed by atoms with Crippen LogP contribution in [0.25, 0.3) is 11.1 Å². The Labute approximate surface area is 175 Å². The fraction of sp³-hybridized carbons (Fsp3) is 0.238. The van der Waals surface area contributed by atoms with E-state index in [4.69, 9.17) is 14.3 Å². The molecule has 3 heterocycles. The van der Waals surface area contributed by atoms with Crippen molar-refractivity contribution < 1.29 is 18.3 Å². The Morgan fingerprint density at radius 2 is 1.90 bits per heavy atom. The van der Waals surface area contributed by atoms with Crippen LogP contribution in [0.3, 0.4) is 0 Å². The van der Waals surface area contributed by atoms with E-state index in [-0.39, 0.29) is 17.9 Å². The summed E-state index contributed by atoms with van der Waals surface area (Å²) in [6, 6.07) is 9.17. The minimum atomic E-state index is -0.543. The van der Waals surface area contributed by atoms with Crippen molar-refractivity contribution >= 4 is 22.3 Å². The molecule has 0 saturated heterocycles. The predicted molar refractivity (Wildman–Crippen MR) is 112 cm³/mol. The van der Waals surface area contributed by atoms with Crippen LogP contribution in [0.2, 0.25) is 0 Å². The summed E-state index contributed by atoms with van der Waals surface area (Å²) in [6.45, 7) is 0.614. The van der Waals surface area contributed by atoms with E-state index in [1.165, 1.54) is 24.3 Å². The van der Waals surface area contributed by atoms with Crippen molar-refractivity contribution in [3.63, 3.8) is 0 Å². The van der Waals surface area contributed by atoms with Crippen molar-refractivity contribution in [2.45, 2.75) is 12.2 Å². The Morgan fingerprint density at radius 1 is 1.07 bits per heavy atom. The molecular weight excluding hydrogens is 410 g/mol. The molecule has 1 aromatic carbocycles. The molecule has 0 saturated carbocycles. The van der Waals surface area contributed by atoms with Crippen molar-refractivity contribution in [3.05, 3.63) is 59.8 Å². The number of benzene rings is 1. The number of hydrogen-bond donors (Lipinski definition) is 2. The van der Waals surface area contributed by atoms with E-state index in [1.807, 2.05) is 18.4 Å². The molecule has 30 heavy (non-hydrogen) atoms. The zero-order valence-corrected chi connectivity index (χ0v) is 17.1. The molecule has 0 amide bonds. The molecule has 1 unspecified atom stereocenters. The van der Waals surface area contributed by atoms with Gasteiger partial charge in [0.05, 0.1) is 19.4 Å². The highest BCUT2D eigenvalue weighted by atomic mass is 32.2. The number of nitrogens with zero attached hydrogens (tertiary/aromatic N) is 2. The van der Waals surface area contributed by atoms with Gasteiger partial charge < -0.3 is 14.8 Å². The maximum atomic E-state index is 14.6. The summed E-state index contributed by atoms with van der Waals surface area (Å²) in [5.74, 6) is 1.10. The molecule has 4 rings (SSSR count). The third kappa shape index (κ3) is 4.73. The van der Waals surface area contributed by atoms with Crippen LogP contribution in [0.5, 0.6) is 11.6 Å². The lowest BCUT2D eigenvalue weighted by Gasteiger charge is -2.16. The molecule has 1 aliphatic rings. The highest BCUT2D eigenvalue weighted by molar-refractivity contribution is 7.84. The topological polar surface area (TPSA) is 80.1 Å². The van der Waals surface area contributed by atoms with Crippen LogP contribution in [0.4, 0.5) is 20.4 Å². The van der Waals surface area contributed by atoms with E-state index in [9.17, 15) is 8.78 Å². The Kier molecular flexibility index (Phi) is 5.89. The number of pyridine rings is 2. The van der Waals surface area contributed by atoms with E-state index in [2.05, 4.69) is 15.3 Å². The largest absolute Gasteiger partial charge is 0.493 e. The second-order valence-corrected chi connectivity index (χ2v) is 8.41. The van der Waals surface area contributed by atoms with Crippen molar-refractivity contribution in [2.75, 3.05) is 24.8 Å². The maximum absolute atomic E-state index is 14.6. The molecule has 6 nitrogen and oxygen atoms in total. The summed E-state index contributed by atoms with van der Waals surface area (Å²) >= 11 is 0. The van der Waals surface area contributed by atoms with Gasteiger partial charge in [0.15, 0.2) is 0 Å². The molecule has 0 aliphatic carbocycles. The number of halogens is 2. The van der Waals surface area contributed by atoms with Crippen LogP contribution in [-0.2, 0) is 16.4 Å². The smallest absolute Gasteiger partial charge is 0.215 e. The molecular formula is C21H20F2N4O2S. The van der Waals surface area contributed by atoms with Gasteiger partial charge >= 0.3 is 0 Å². The Morgan fingerprint density at radius 3 is 2.73 bits per heavy atom. The maximum Gasteiger partial charge on any atom is 0.215 e. The molecule has 1 aliphatic heterocycles. The summed E-state index contributed by atoms with van der Waals surface area (Å²) in [7, 11) is -0.540. The minimum absolute atomic E-state index is 0.244. The normalized spacial score (nSPS) is 14.4. The number of aromatic nitrogens is 2. The van der Waals surface area contributed by atoms with Gasteiger partial charge in [-0.2, -0.15) is 4.98 Å². The molecule has 4 bridgehead atoms. The summed E-state index contributed by atoms with van der Waals surface area (Å²) in [5.41, 5.74) is 1.59. The highest BCUT2D eigenvalue weighted by Gasteiger charge is 2.15. The number of anilines is 2. The summed E-state index contributed by atoms with van der Waals surface area (Å²) in [5, 5.41) is 3.08. The second-order valence-electron chi connectivity index (χ2n) is 6.85. The Hall–Kier alpha value is -3.07. The molecule has 2 aromatic heterocycles. The molecule has 3 aromatic rings. The van der Waals surface area contributed by atoms with E-state index >= 15 is 0 Å². The molecule has 156 valence electrons. The molecule has 2 N–H and O–H groups in total. The number of ether oxygens (including phenoxy) is 2. The summed E-state index contributed by atoms with van der Waals surface area (Å²) in [6.07, 6.45) is 3.47. The fourth-order valence-electron chi connectivity index (χ4n) is 3.13. The van der Waals surface area contributed by atoms with E-state index in [0.717, 1.165) is 11.8 Å². The van der Waals surface area contributed by atoms with Crippen molar-refractivity contribution in [3.8, 4) is 22.8 Å². The standard InChI is InChI=1S/C21H20F2N4O2S/c1-30(24)12-13-7-20-26-19-10-16(17(23)11-25-19)15-4-3-14(22)9-18(15)28-5-2-6-29-21(8-13)27-20/h3-4,7-11,24H,2,5-6,12H2,1H3,(H,25,26,27). The summed E-state index contributed by atoms with van der Waals surface area (Å²) in [4.78, 5) is 8.54. The van der Waals surface area contributed by atoms with Gasteiger partial charge in [0.1, 0.15) is 29.0 Å².